The Bertz CT molecular complexity index is 870. The van der Waals surface area contributed by atoms with Crippen LogP contribution in [0.3, 0.4) is 0 Å². The van der Waals surface area contributed by atoms with Gasteiger partial charge in [0.15, 0.2) is 0 Å². The molecule has 0 heterocycles. The summed E-state index contributed by atoms with van der Waals surface area (Å²) in [6.45, 7) is 1.85. The molecule has 0 aliphatic heterocycles. The monoisotopic (exact) mass is 394 g/mol. The Morgan fingerprint density at radius 3 is 2.43 bits per heavy atom. The van der Waals surface area contributed by atoms with E-state index in [9.17, 15) is 13.5 Å². The van der Waals surface area contributed by atoms with Gasteiger partial charge >= 0.3 is 0 Å². The standard InChI is InChI=1S/C14H13Cl3N2O3S/c1-7-2-11(13(17)12(3-7)23(18,21)22)19-6-8-4-9(15)5-10(16)14(8)20/h2-5,19-20H,6H2,1H3,(H2,18,21,22). The molecule has 0 aromatic heterocycles. The van der Waals surface area contributed by atoms with Gasteiger partial charge in [0, 0.05) is 17.1 Å². The number of nitrogens with two attached hydrogens (primary N) is 1. The molecule has 0 bridgehead atoms. The van der Waals surface area contributed by atoms with Crippen molar-refractivity contribution in [3.63, 3.8) is 0 Å². The molecule has 2 aromatic rings. The van der Waals surface area contributed by atoms with E-state index in [1.165, 1.54) is 12.1 Å². The maximum absolute atomic E-state index is 11.6. The molecular weight excluding hydrogens is 383 g/mol. The van der Waals surface area contributed by atoms with E-state index in [0.717, 1.165) is 0 Å². The Morgan fingerprint density at radius 2 is 1.83 bits per heavy atom. The Hall–Kier alpha value is -1.18. The minimum Gasteiger partial charge on any atom is -0.506 e. The fourth-order valence-corrected chi connectivity index (χ4v) is 3.76. The van der Waals surface area contributed by atoms with E-state index in [1.807, 2.05) is 0 Å². The van der Waals surface area contributed by atoms with Gasteiger partial charge in [-0.15, -0.1) is 0 Å². The molecule has 0 aliphatic carbocycles. The van der Waals surface area contributed by atoms with Gasteiger partial charge in [0.25, 0.3) is 0 Å². The second kappa shape index (κ2) is 6.75. The zero-order valence-electron chi connectivity index (χ0n) is 11.9. The Balaban J connectivity index is 2.37. The molecule has 0 amide bonds. The number of nitrogens with one attached hydrogen (secondary N) is 1. The quantitative estimate of drug-likeness (QED) is 0.731. The summed E-state index contributed by atoms with van der Waals surface area (Å²) in [5.74, 6) is -0.112. The van der Waals surface area contributed by atoms with Crippen LogP contribution in [0.1, 0.15) is 11.1 Å². The summed E-state index contributed by atoms with van der Waals surface area (Å²) < 4.78 is 23.1. The highest BCUT2D eigenvalue weighted by molar-refractivity contribution is 7.89. The van der Waals surface area contributed by atoms with Crippen LogP contribution in [0.4, 0.5) is 5.69 Å². The number of aryl methyl sites for hydroxylation is 1. The highest BCUT2D eigenvalue weighted by Gasteiger charge is 2.17. The molecule has 9 heteroatoms. The Morgan fingerprint density at radius 1 is 1.17 bits per heavy atom. The van der Waals surface area contributed by atoms with Gasteiger partial charge < -0.3 is 10.4 Å². The van der Waals surface area contributed by atoms with Crippen LogP contribution in [0, 0.1) is 6.92 Å². The molecule has 0 fully saturated rings. The second-order valence-corrected chi connectivity index (χ2v) is 7.67. The molecule has 0 radical (unpaired) electrons. The largest absolute Gasteiger partial charge is 0.506 e. The van der Waals surface area contributed by atoms with Crippen LogP contribution in [0.5, 0.6) is 5.75 Å². The first-order chi connectivity index (χ1) is 10.6. The Kier molecular flexibility index (Phi) is 5.33. The molecule has 0 spiro atoms. The average Bonchev–Trinajstić information content (AvgIpc) is 2.42. The van der Waals surface area contributed by atoms with Gasteiger partial charge in [-0.05, 0) is 36.8 Å². The molecule has 0 saturated carbocycles. The summed E-state index contributed by atoms with van der Waals surface area (Å²) in [6.07, 6.45) is 0. The predicted molar refractivity (Wildman–Crippen MR) is 93.0 cm³/mol. The van der Waals surface area contributed by atoms with Crippen molar-refractivity contribution in [2.45, 2.75) is 18.4 Å². The van der Waals surface area contributed by atoms with Crippen LogP contribution in [-0.4, -0.2) is 13.5 Å². The number of hydrogen-bond acceptors (Lipinski definition) is 4. The molecule has 0 aliphatic rings. The first-order valence-corrected chi connectivity index (χ1v) is 9.01. The summed E-state index contributed by atoms with van der Waals surface area (Å²) in [7, 11) is -3.95. The van der Waals surface area contributed by atoms with Crippen molar-refractivity contribution in [1.29, 1.82) is 0 Å². The number of hydrogen-bond donors (Lipinski definition) is 3. The molecule has 0 saturated heterocycles. The van der Waals surface area contributed by atoms with Crippen molar-refractivity contribution >= 4 is 50.5 Å². The predicted octanol–water partition coefficient (Wildman–Crippen LogP) is 3.92. The smallest absolute Gasteiger partial charge is 0.239 e. The number of aromatic hydroxyl groups is 1. The van der Waals surface area contributed by atoms with Crippen molar-refractivity contribution in [1.82, 2.24) is 0 Å². The lowest BCUT2D eigenvalue weighted by Gasteiger charge is -2.14. The van der Waals surface area contributed by atoms with E-state index in [-0.39, 0.29) is 27.2 Å². The van der Waals surface area contributed by atoms with Gasteiger partial charge in [0.05, 0.1) is 15.7 Å². The highest BCUT2D eigenvalue weighted by Crippen LogP contribution is 2.34. The zero-order chi connectivity index (χ0) is 17.4. The topological polar surface area (TPSA) is 92.4 Å². The maximum atomic E-state index is 11.6. The van der Waals surface area contributed by atoms with Gasteiger partial charge in [-0.3, -0.25) is 0 Å². The van der Waals surface area contributed by atoms with Gasteiger partial charge in [-0.25, -0.2) is 13.6 Å². The van der Waals surface area contributed by atoms with Gasteiger partial charge in [0.1, 0.15) is 10.6 Å². The summed E-state index contributed by atoms with van der Waals surface area (Å²) in [4.78, 5) is -0.171. The van der Waals surface area contributed by atoms with Crippen molar-refractivity contribution in [3.8, 4) is 5.75 Å². The Labute approximate surface area is 149 Å². The maximum Gasteiger partial charge on any atom is 0.239 e. The first-order valence-electron chi connectivity index (χ1n) is 6.33. The van der Waals surface area contributed by atoms with Gasteiger partial charge in [-0.2, -0.15) is 0 Å². The molecule has 124 valence electrons. The number of primary sulfonamides is 1. The van der Waals surface area contributed by atoms with Crippen LogP contribution in [0.15, 0.2) is 29.2 Å². The third-order valence-corrected chi connectivity index (χ3v) is 5.03. The van der Waals surface area contributed by atoms with E-state index in [4.69, 9.17) is 39.9 Å². The van der Waals surface area contributed by atoms with E-state index in [2.05, 4.69) is 5.32 Å². The number of anilines is 1. The number of halogens is 3. The number of sulfonamides is 1. The lowest BCUT2D eigenvalue weighted by atomic mass is 10.1. The summed E-state index contributed by atoms with van der Waals surface area (Å²) in [5, 5.41) is 18.5. The van der Waals surface area contributed by atoms with Crippen molar-refractivity contribution in [2.24, 2.45) is 5.14 Å². The molecule has 0 atom stereocenters. The molecule has 5 nitrogen and oxygen atoms in total. The molecule has 2 aromatic carbocycles. The molecule has 2 rings (SSSR count). The number of benzene rings is 2. The molecule has 4 N–H and O–H groups in total. The van der Waals surface area contributed by atoms with Crippen molar-refractivity contribution in [3.05, 3.63) is 50.5 Å². The second-order valence-electron chi connectivity index (χ2n) is 4.92. The van der Waals surface area contributed by atoms with Crippen LogP contribution in [-0.2, 0) is 16.6 Å². The number of phenolic OH excluding ortho intramolecular Hbond substituents is 1. The number of phenols is 1. The van der Waals surface area contributed by atoms with E-state index >= 15 is 0 Å². The van der Waals surface area contributed by atoms with Gasteiger partial charge in [-0.1, -0.05) is 34.8 Å². The van der Waals surface area contributed by atoms with E-state index < -0.39 is 10.0 Å². The summed E-state index contributed by atoms with van der Waals surface area (Å²) >= 11 is 17.9. The van der Waals surface area contributed by atoms with Gasteiger partial charge in [0.2, 0.25) is 10.0 Å². The van der Waals surface area contributed by atoms with Crippen LogP contribution in [0.2, 0.25) is 15.1 Å². The molecule has 0 unspecified atom stereocenters. The number of rotatable bonds is 4. The van der Waals surface area contributed by atoms with E-state index in [0.29, 0.717) is 21.8 Å². The normalized spacial score (nSPS) is 11.5. The highest BCUT2D eigenvalue weighted by atomic mass is 35.5. The average molecular weight is 396 g/mol. The minimum absolute atomic E-state index is 0.0225. The van der Waals surface area contributed by atoms with Crippen molar-refractivity contribution < 1.29 is 13.5 Å². The summed E-state index contributed by atoms with van der Waals surface area (Å²) in [6, 6.07) is 6.01. The summed E-state index contributed by atoms with van der Waals surface area (Å²) in [5.41, 5.74) is 1.47. The minimum atomic E-state index is -3.95. The first kappa shape index (κ1) is 18.2. The SMILES string of the molecule is Cc1cc(NCc2cc(Cl)cc(Cl)c2O)c(Cl)c(S(N)(=O)=O)c1. The third-order valence-electron chi connectivity index (χ3n) is 3.07. The molecular formula is C14H13Cl3N2O3S. The zero-order valence-corrected chi connectivity index (χ0v) is 15.0. The fourth-order valence-electron chi connectivity index (χ4n) is 2.02. The fraction of sp³-hybridized carbons (Fsp3) is 0.143. The van der Waals surface area contributed by atoms with Crippen LogP contribution >= 0.6 is 34.8 Å². The van der Waals surface area contributed by atoms with E-state index in [1.54, 1.807) is 19.1 Å². The third kappa shape index (κ3) is 4.22. The molecule has 23 heavy (non-hydrogen) atoms. The lowest BCUT2D eigenvalue weighted by Crippen LogP contribution is -2.14. The van der Waals surface area contributed by atoms with Crippen LogP contribution < -0.4 is 10.5 Å². The van der Waals surface area contributed by atoms with Crippen molar-refractivity contribution in [2.75, 3.05) is 5.32 Å². The lowest BCUT2D eigenvalue weighted by molar-refractivity contribution is 0.469. The van der Waals surface area contributed by atoms with Crippen LogP contribution in [0.25, 0.3) is 0 Å².